The van der Waals surface area contributed by atoms with E-state index in [9.17, 15) is 0 Å². The molecule has 2 nitrogen and oxygen atoms in total. The summed E-state index contributed by atoms with van der Waals surface area (Å²) in [6, 6.07) is 17.6. The van der Waals surface area contributed by atoms with Gasteiger partial charge in [0.1, 0.15) is 6.10 Å². The van der Waals surface area contributed by atoms with Crippen molar-refractivity contribution in [3.8, 4) is 0 Å². The minimum Gasteiger partial charge on any atom is -0.367 e. The summed E-state index contributed by atoms with van der Waals surface area (Å²) in [5, 5.41) is 0. The first-order chi connectivity index (χ1) is 11.4. The largest absolute Gasteiger partial charge is 0.367 e. The molecule has 0 aromatic heterocycles. The fourth-order valence-corrected chi connectivity index (χ4v) is 3.96. The molecule has 1 saturated heterocycles. The molecule has 1 aliphatic carbocycles. The zero-order chi connectivity index (χ0) is 15.5. The molecule has 1 fully saturated rings. The van der Waals surface area contributed by atoms with E-state index in [1.54, 1.807) is 0 Å². The van der Waals surface area contributed by atoms with Crippen LogP contribution < -0.4 is 0 Å². The van der Waals surface area contributed by atoms with Gasteiger partial charge in [-0.05, 0) is 61.0 Å². The summed E-state index contributed by atoms with van der Waals surface area (Å²) in [4.78, 5) is 2.52. The molecule has 4 rings (SSSR count). The summed E-state index contributed by atoms with van der Waals surface area (Å²) in [6.45, 7) is 4.34. The SMILES string of the molecule is c1ccc2c(c1)CCc1ccccc1C2OCCN1CCCC1. The van der Waals surface area contributed by atoms with Gasteiger partial charge >= 0.3 is 0 Å². The highest BCUT2D eigenvalue weighted by Gasteiger charge is 2.24. The first kappa shape index (κ1) is 14.9. The Hall–Kier alpha value is -1.64. The van der Waals surface area contributed by atoms with E-state index in [4.69, 9.17) is 4.74 Å². The maximum Gasteiger partial charge on any atom is 0.108 e. The first-order valence-corrected chi connectivity index (χ1v) is 8.91. The molecule has 1 heterocycles. The van der Waals surface area contributed by atoms with Gasteiger partial charge in [-0.25, -0.2) is 0 Å². The van der Waals surface area contributed by atoms with Crippen LogP contribution in [0.2, 0.25) is 0 Å². The lowest BCUT2D eigenvalue weighted by Gasteiger charge is -2.23. The summed E-state index contributed by atoms with van der Waals surface area (Å²) in [5.41, 5.74) is 5.60. The van der Waals surface area contributed by atoms with E-state index in [1.165, 1.54) is 48.2 Å². The van der Waals surface area contributed by atoms with Crippen LogP contribution in [0.3, 0.4) is 0 Å². The van der Waals surface area contributed by atoms with Gasteiger partial charge in [0.2, 0.25) is 0 Å². The third kappa shape index (κ3) is 3.19. The molecule has 1 aliphatic heterocycles. The van der Waals surface area contributed by atoms with Crippen LogP contribution in [-0.4, -0.2) is 31.1 Å². The van der Waals surface area contributed by atoms with Crippen molar-refractivity contribution >= 4 is 0 Å². The third-order valence-electron chi connectivity index (χ3n) is 5.23. The van der Waals surface area contributed by atoms with Crippen molar-refractivity contribution in [3.05, 3.63) is 70.8 Å². The fourth-order valence-electron chi connectivity index (χ4n) is 3.96. The second kappa shape index (κ2) is 6.86. The molecule has 23 heavy (non-hydrogen) atoms. The quantitative estimate of drug-likeness (QED) is 0.847. The molecule has 2 aromatic carbocycles. The number of rotatable bonds is 4. The Labute approximate surface area is 139 Å². The van der Waals surface area contributed by atoms with E-state index in [0.29, 0.717) is 0 Å². The van der Waals surface area contributed by atoms with Crippen molar-refractivity contribution in [1.29, 1.82) is 0 Å². The highest BCUT2D eigenvalue weighted by atomic mass is 16.5. The van der Waals surface area contributed by atoms with Gasteiger partial charge in [0.05, 0.1) is 6.61 Å². The average Bonchev–Trinajstić information content (AvgIpc) is 3.06. The molecule has 2 heteroatoms. The number of hydrogen-bond donors (Lipinski definition) is 0. The smallest absolute Gasteiger partial charge is 0.108 e. The van der Waals surface area contributed by atoms with Gasteiger partial charge in [0.15, 0.2) is 0 Å². The molecule has 0 unspecified atom stereocenters. The van der Waals surface area contributed by atoms with E-state index in [1.807, 2.05) is 0 Å². The van der Waals surface area contributed by atoms with Crippen molar-refractivity contribution in [1.82, 2.24) is 4.90 Å². The fraction of sp³-hybridized carbons (Fsp3) is 0.429. The lowest BCUT2D eigenvalue weighted by Crippen LogP contribution is -2.25. The molecule has 0 atom stereocenters. The number of aryl methyl sites for hydroxylation is 2. The summed E-state index contributed by atoms with van der Waals surface area (Å²) in [6.07, 6.45) is 5.00. The molecule has 0 radical (unpaired) electrons. The lowest BCUT2D eigenvalue weighted by molar-refractivity contribution is 0.0641. The highest BCUT2D eigenvalue weighted by Crippen LogP contribution is 2.34. The van der Waals surface area contributed by atoms with Crippen molar-refractivity contribution < 1.29 is 4.74 Å². The molecule has 2 aromatic rings. The van der Waals surface area contributed by atoms with E-state index >= 15 is 0 Å². The van der Waals surface area contributed by atoms with Gasteiger partial charge in [-0.15, -0.1) is 0 Å². The Morgan fingerprint density at radius 1 is 0.826 bits per heavy atom. The van der Waals surface area contributed by atoms with Gasteiger partial charge in [-0.2, -0.15) is 0 Å². The number of hydrogen-bond acceptors (Lipinski definition) is 2. The van der Waals surface area contributed by atoms with Crippen molar-refractivity contribution in [2.45, 2.75) is 31.8 Å². The Morgan fingerprint density at radius 3 is 2.00 bits per heavy atom. The molecule has 0 saturated carbocycles. The van der Waals surface area contributed by atoms with Crippen LogP contribution in [-0.2, 0) is 17.6 Å². The molecule has 0 bridgehead atoms. The lowest BCUT2D eigenvalue weighted by atomic mass is 9.97. The highest BCUT2D eigenvalue weighted by molar-refractivity contribution is 5.43. The number of benzene rings is 2. The minimum atomic E-state index is 0.0903. The van der Waals surface area contributed by atoms with Crippen LogP contribution in [0.15, 0.2) is 48.5 Å². The van der Waals surface area contributed by atoms with E-state index in [2.05, 4.69) is 53.4 Å². The normalized spacial score (nSPS) is 18.4. The van der Waals surface area contributed by atoms with Crippen LogP contribution in [0.25, 0.3) is 0 Å². The standard InChI is InChI=1S/C21H25NO/c1-3-9-19-17(7-1)11-12-18-8-2-4-10-20(18)21(19)23-16-15-22-13-5-6-14-22/h1-4,7-10,21H,5-6,11-16H2. The average molecular weight is 307 g/mol. The van der Waals surface area contributed by atoms with Crippen LogP contribution >= 0.6 is 0 Å². The zero-order valence-electron chi connectivity index (χ0n) is 13.7. The molecule has 0 spiro atoms. The molecular weight excluding hydrogens is 282 g/mol. The van der Waals surface area contributed by atoms with Crippen LogP contribution in [0.5, 0.6) is 0 Å². The van der Waals surface area contributed by atoms with E-state index in [0.717, 1.165) is 26.0 Å². The number of fused-ring (bicyclic) bond motifs is 2. The summed E-state index contributed by atoms with van der Waals surface area (Å²) >= 11 is 0. The van der Waals surface area contributed by atoms with Gasteiger partial charge in [0, 0.05) is 6.54 Å². The summed E-state index contributed by atoms with van der Waals surface area (Å²) in [7, 11) is 0. The molecule has 0 amide bonds. The van der Waals surface area contributed by atoms with Gasteiger partial charge in [0.25, 0.3) is 0 Å². The molecule has 0 N–H and O–H groups in total. The van der Waals surface area contributed by atoms with Gasteiger partial charge in [-0.3, -0.25) is 0 Å². The maximum atomic E-state index is 6.44. The van der Waals surface area contributed by atoms with Gasteiger partial charge in [-0.1, -0.05) is 48.5 Å². The Bertz CT molecular complexity index is 613. The zero-order valence-corrected chi connectivity index (χ0v) is 13.7. The Kier molecular flexibility index (Phi) is 4.45. The third-order valence-corrected chi connectivity index (χ3v) is 5.23. The topological polar surface area (TPSA) is 12.5 Å². The molecule has 2 aliphatic rings. The van der Waals surface area contributed by atoms with Crippen LogP contribution in [0, 0.1) is 0 Å². The van der Waals surface area contributed by atoms with Crippen molar-refractivity contribution in [3.63, 3.8) is 0 Å². The second-order valence-corrected chi connectivity index (χ2v) is 6.70. The van der Waals surface area contributed by atoms with Gasteiger partial charge < -0.3 is 9.64 Å². The summed E-state index contributed by atoms with van der Waals surface area (Å²) in [5.74, 6) is 0. The summed E-state index contributed by atoms with van der Waals surface area (Å²) < 4.78 is 6.44. The first-order valence-electron chi connectivity index (χ1n) is 8.91. The number of nitrogens with zero attached hydrogens (tertiary/aromatic N) is 1. The molecular formula is C21H25NO. The van der Waals surface area contributed by atoms with Crippen molar-refractivity contribution in [2.24, 2.45) is 0 Å². The number of ether oxygens (including phenoxy) is 1. The maximum absolute atomic E-state index is 6.44. The Morgan fingerprint density at radius 2 is 1.39 bits per heavy atom. The minimum absolute atomic E-state index is 0.0903. The predicted octanol–water partition coefficient (Wildman–Crippen LogP) is 3.99. The van der Waals surface area contributed by atoms with Crippen LogP contribution in [0.1, 0.15) is 41.2 Å². The molecule has 120 valence electrons. The number of likely N-dealkylation sites (tertiary alicyclic amines) is 1. The van der Waals surface area contributed by atoms with E-state index < -0.39 is 0 Å². The Balaban J connectivity index is 1.58. The van der Waals surface area contributed by atoms with Crippen molar-refractivity contribution in [2.75, 3.05) is 26.2 Å². The van der Waals surface area contributed by atoms with E-state index in [-0.39, 0.29) is 6.10 Å². The predicted molar refractivity (Wildman–Crippen MR) is 93.8 cm³/mol. The monoisotopic (exact) mass is 307 g/mol. The van der Waals surface area contributed by atoms with Crippen LogP contribution in [0.4, 0.5) is 0 Å². The second-order valence-electron chi connectivity index (χ2n) is 6.70.